The lowest BCUT2D eigenvalue weighted by Crippen LogP contribution is -2.65. The lowest BCUT2D eigenvalue weighted by molar-refractivity contribution is -0.938. The Morgan fingerprint density at radius 1 is 1.00 bits per heavy atom. The number of carbonyl (C=O) groups excluding carboxylic acids is 3. The molecule has 0 aliphatic carbocycles. The molecule has 7 nitrogen and oxygen atoms in total. The minimum absolute atomic E-state index is 0.121. The predicted octanol–water partition coefficient (Wildman–Crippen LogP) is 4.72. The smallest absolute Gasteiger partial charge is 0.348 e. The van der Waals surface area contributed by atoms with Gasteiger partial charge in [-0.15, -0.1) is 11.3 Å². The molecule has 2 atom stereocenters. The Labute approximate surface area is 220 Å². The molecule has 6 rings (SSSR count). The zero-order chi connectivity index (χ0) is 25.8. The van der Waals surface area contributed by atoms with Gasteiger partial charge in [-0.3, -0.25) is 4.79 Å². The van der Waals surface area contributed by atoms with E-state index in [1.165, 1.54) is 18.4 Å². The van der Waals surface area contributed by atoms with E-state index in [0.29, 0.717) is 28.0 Å². The Balaban J connectivity index is 1.35. The number of nitrogens with zero attached hydrogens (tertiary/aromatic N) is 1. The Hall–Kier alpha value is -3.49. The number of rotatable bonds is 9. The van der Waals surface area contributed by atoms with Gasteiger partial charge < -0.3 is 19.3 Å². The Bertz CT molecular complexity index is 1250. The highest BCUT2D eigenvalue weighted by atomic mass is 32.1. The van der Waals surface area contributed by atoms with Crippen LogP contribution in [-0.2, 0) is 14.3 Å². The number of hydrogen-bond donors (Lipinski definition) is 1. The first kappa shape index (κ1) is 25.2. The average molecular weight is 520 g/mol. The molecule has 3 aliphatic rings. The van der Waals surface area contributed by atoms with Gasteiger partial charge in [0.15, 0.2) is 12.1 Å². The largest absolute Gasteiger partial charge is 0.465 e. The van der Waals surface area contributed by atoms with E-state index >= 15 is 0 Å². The van der Waals surface area contributed by atoms with Crippen molar-refractivity contribution in [1.29, 1.82) is 0 Å². The van der Waals surface area contributed by atoms with Crippen LogP contribution in [0, 0.1) is 5.92 Å². The highest BCUT2D eigenvalue weighted by Gasteiger charge is 2.49. The molecule has 2 aromatic carbocycles. The molecule has 3 aliphatic heterocycles. The molecule has 1 N–H and O–H groups in total. The number of hydrogen-bond acceptors (Lipinski definition) is 7. The number of Topliss-reactive ketones (excluding diaryl/α,β-unsaturated/α-hetero) is 1. The van der Waals surface area contributed by atoms with Gasteiger partial charge in [0.25, 0.3) is 0 Å². The monoisotopic (exact) mass is 519 g/mol. The second kappa shape index (κ2) is 10.9. The molecule has 37 heavy (non-hydrogen) atoms. The van der Waals surface area contributed by atoms with Crippen LogP contribution in [0.15, 0.2) is 72.1 Å². The van der Waals surface area contributed by atoms with Gasteiger partial charge in [-0.05, 0) is 23.6 Å². The molecule has 8 heteroatoms. The van der Waals surface area contributed by atoms with Gasteiger partial charge >= 0.3 is 11.9 Å². The fraction of sp³-hybridized carbons (Fsp3) is 0.345. The van der Waals surface area contributed by atoms with E-state index in [2.05, 4.69) is 5.32 Å². The Morgan fingerprint density at radius 2 is 1.68 bits per heavy atom. The summed E-state index contributed by atoms with van der Waals surface area (Å²) < 4.78 is 11.8. The molecule has 1 unspecified atom stereocenters. The number of quaternary nitrogens is 1. The molecule has 192 valence electrons. The molecule has 0 amide bonds. The van der Waals surface area contributed by atoms with Crippen molar-refractivity contribution >= 4 is 34.7 Å². The van der Waals surface area contributed by atoms with Crippen molar-refractivity contribution in [1.82, 2.24) is 0 Å². The summed E-state index contributed by atoms with van der Waals surface area (Å²) in [6.07, 6.45) is 1.56. The number of benzene rings is 2. The second-order valence-corrected chi connectivity index (χ2v) is 10.8. The third-order valence-electron chi connectivity index (χ3n) is 7.58. The van der Waals surface area contributed by atoms with Crippen LogP contribution in [0.3, 0.4) is 0 Å². The summed E-state index contributed by atoms with van der Waals surface area (Å²) in [5.74, 6) is -0.519. The summed E-state index contributed by atoms with van der Waals surface area (Å²) in [5, 5.41) is 5.04. The zero-order valence-corrected chi connectivity index (χ0v) is 21.6. The molecule has 0 spiro atoms. The molecule has 0 radical (unpaired) electrons. The molecule has 1 aromatic heterocycles. The van der Waals surface area contributed by atoms with E-state index in [1.54, 1.807) is 11.4 Å². The second-order valence-electron chi connectivity index (χ2n) is 9.87. The third kappa shape index (κ3) is 5.45. The molecule has 3 aromatic rings. The standard InChI is InChI=1S/C29H31N2O5S/c1-35-29(34)27-23(14-17-37-27)26(30-22-10-6-3-7-11-22)28(33)36-25-19-31(15-12-21(25)13-16-31)18-24(32)20-8-4-2-5-9-20/h2-11,14,17,21,25-26,30H,12-13,15-16,18-19H2,1H3/q+1/t21?,25-,26?,31?/m0/s1. The molecule has 0 saturated carbocycles. The number of piperidine rings is 3. The number of thiophene rings is 1. The maximum atomic E-state index is 13.7. The van der Waals surface area contributed by atoms with Gasteiger partial charge in [-0.2, -0.15) is 0 Å². The highest BCUT2D eigenvalue weighted by molar-refractivity contribution is 7.12. The summed E-state index contributed by atoms with van der Waals surface area (Å²) in [7, 11) is 1.33. The summed E-state index contributed by atoms with van der Waals surface area (Å²) in [5.41, 5.74) is 2.00. The van der Waals surface area contributed by atoms with E-state index in [1.807, 2.05) is 60.7 Å². The first-order valence-corrected chi connectivity index (χ1v) is 13.5. The number of esters is 2. The number of nitrogens with one attached hydrogen (secondary N) is 1. The average Bonchev–Trinajstić information content (AvgIpc) is 3.42. The molecular weight excluding hydrogens is 488 g/mol. The van der Waals surface area contributed by atoms with E-state index in [0.717, 1.165) is 37.2 Å². The minimum atomic E-state index is -0.863. The minimum Gasteiger partial charge on any atom is -0.465 e. The van der Waals surface area contributed by atoms with Crippen molar-refractivity contribution in [3.8, 4) is 0 Å². The first-order chi connectivity index (χ1) is 18.0. The highest BCUT2D eigenvalue weighted by Crippen LogP contribution is 2.37. The quantitative estimate of drug-likeness (QED) is 0.250. The molecular formula is C29H31N2O5S+. The normalized spacial score (nSPS) is 23.2. The number of para-hydroxylation sites is 1. The molecule has 2 bridgehead atoms. The van der Waals surface area contributed by atoms with E-state index < -0.39 is 18.0 Å². The summed E-state index contributed by atoms with van der Waals surface area (Å²) in [4.78, 5) is 39.5. The Morgan fingerprint density at radius 3 is 2.35 bits per heavy atom. The number of methoxy groups -OCH3 is 1. The summed E-state index contributed by atoms with van der Waals surface area (Å²) >= 11 is 1.24. The van der Waals surface area contributed by atoms with Gasteiger partial charge in [0.1, 0.15) is 18.0 Å². The van der Waals surface area contributed by atoms with Crippen LogP contribution in [0.1, 0.15) is 44.5 Å². The fourth-order valence-corrected chi connectivity index (χ4v) is 6.44. The van der Waals surface area contributed by atoms with Crippen molar-refractivity contribution in [2.75, 3.05) is 38.6 Å². The van der Waals surface area contributed by atoms with Crippen LogP contribution in [0.4, 0.5) is 5.69 Å². The predicted molar refractivity (Wildman–Crippen MR) is 142 cm³/mol. The molecule has 4 heterocycles. The summed E-state index contributed by atoms with van der Waals surface area (Å²) in [6.45, 7) is 2.87. The lowest BCUT2D eigenvalue weighted by Gasteiger charge is -2.51. The SMILES string of the molecule is COC(=O)c1sccc1C(Nc1ccccc1)C(=O)O[C@H]1C[N+]2(CC(=O)c3ccccc3)CCC1CC2. The Kier molecular flexibility index (Phi) is 7.39. The molecule has 3 saturated heterocycles. The van der Waals surface area contributed by atoms with Crippen molar-refractivity contribution in [3.05, 3.63) is 88.1 Å². The van der Waals surface area contributed by atoms with Crippen molar-refractivity contribution in [2.24, 2.45) is 5.92 Å². The number of anilines is 1. The van der Waals surface area contributed by atoms with Crippen molar-refractivity contribution in [2.45, 2.75) is 25.0 Å². The number of carbonyl (C=O) groups is 3. The van der Waals surface area contributed by atoms with Crippen LogP contribution in [0.2, 0.25) is 0 Å². The van der Waals surface area contributed by atoms with Crippen LogP contribution >= 0.6 is 11.3 Å². The van der Waals surface area contributed by atoms with Crippen LogP contribution < -0.4 is 5.32 Å². The van der Waals surface area contributed by atoms with Gasteiger partial charge in [-0.25, -0.2) is 9.59 Å². The molecule has 3 fully saturated rings. The van der Waals surface area contributed by atoms with Crippen LogP contribution in [0.5, 0.6) is 0 Å². The van der Waals surface area contributed by atoms with E-state index in [-0.39, 0.29) is 17.8 Å². The fourth-order valence-electron chi connectivity index (χ4n) is 5.58. The van der Waals surface area contributed by atoms with Gasteiger partial charge in [-0.1, -0.05) is 48.5 Å². The van der Waals surface area contributed by atoms with Gasteiger partial charge in [0, 0.05) is 35.6 Å². The first-order valence-electron chi connectivity index (χ1n) is 12.6. The van der Waals surface area contributed by atoms with Gasteiger partial charge in [0.2, 0.25) is 5.78 Å². The lowest BCUT2D eigenvalue weighted by atomic mass is 9.82. The number of fused-ring (bicyclic) bond motifs is 3. The van der Waals surface area contributed by atoms with E-state index in [4.69, 9.17) is 9.47 Å². The van der Waals surface area contributed by atoms with Crippen LogP contribution in [-0.4, -0.2) is 61.6 Å². The van der Waals surface area contributed by atoms with Crippen LogP contribution in [0.25, 0.3) is 0 Å². The third-order valence-corrected chi connectivity index (χ3v) is 8.49. The topological polar surface area (TPSA) is 81.7 Å². The maximum Gasteiger partial charge on any atom is 0.348 e. The maximum absolute atomic E-state index is 13.7. The summed E-state index contributed by atoms with van der Waals surface area (Å²) in [6, 6.07) is 19.7. The number of ketones is 1. The van der Waals surface area contributed by atoms with Crippen molar-refractivity contribution < 1.29 is 28.3 Å². The van der Waals surface area contributed by atoms with E-state index in [9.17, 15) is 14.4 Å². The zero-order valence-electron chi connectivity index (χ0n) is 20.8. The van der Waals surface area contributed by atoms with Crippen molar-refractivity contribution in [3.63, 3.8) is 0 Å². The number of ether oxygens (including phenoxy) is 2. The van der Waals surface area contributed by atoms with Gasteiger partial charge in [0.05, 0.1) is 20.2 Å².